The molecule has 148 valence electrons. The standard InChI is InChI=1S/C21H22ClNO4S/c1-27-19-9-6-16(7-10-19)14-23(18-12-13-28(25,26)15-18)21(24)11-8-17-4-2-3-5-20(17)22/h2-11,18H,12-15H2,1H3/b11-8+. The summed E-state index contributed by atoms with van der Waals surface area (Å²) in [7, 11) is -1.52. The molecule has 1 unspecified atom stereocenters. The molecule has 28 heavy (non-hydrogen) atoms. The van der Waals surface area contributed by atoms with E-state index in [1.165, 1.54) is 6.08 Å². The van der Waals surface area contributed by atoms with E-state index in [4.69, 9.17) is 16.3 Å². The van der Waals surface area contributed by atoms with Gasteiger partial charge in [0.15, 0.2) is 9.84 Å². The van der Waals surface area contributed by atoms with Gasteiger partial charge in [-0.05, 0) is 41.8 Å². The van der Waals surface area contributed by atoms with Crippen LogP contribution in [0.3, 0.4) is 0 Å². The number of hydrogen-bond donors (Lipinski definition) is 0. The summed E-state index contributed by atoms with van der Waals surface area (Å²) in [4.78, 5) is 14.6. The van der Waals surface area contributed by atoms with Gasteiger partial charge in [-0.1, -0.05) is 41.9 Å². The van der Waals surface area contributed by atoms with Gasteiger partial charge in [-0.2, -0.15) is 0 Å². The maximum Gasteiger partial charge on any atom is 0.247 e. The normalized spacial score (nSPS) is 18.3. The van der Waals surface area contributed by atoms with Crippen LogP contribution in [0.25, 0.3) is 6.08 Å². The van der Waals surface area contributed by atoms with Crippen molar-refractivity contribution in [2.75, 3.05) is 18.6 Å². The first-order chi connectivity index (χ1) is 13.4. The SMILES string of the molecule is COc1ccc(CN(C(=O)/C=C/c2ccccc2Cl)C2CCS(=O)(=O)C2)cc1. The van der Waals surface area contributed by atoms with Gasteiger partial charge in [0.25, 0.3) is 0 Å². The summed E-state index contributed by atoms with van der Waals surface area (Å²) in [6.45, 7) is 0.329. The van der Waals surface area contributed by atoms with E-state index in [0.717, 1.165) is 16.9 Å². The Labute approximate surface area is 170 Å². The predicted molar refractivity (Wildman–Crippen MR) is 111 cm³/mol. The number of ether oxygens (including phenoxy) is 1. The minimum absolute atomic E-state index is 0.00513. The molecule has 2 aromatic rings. The van der Waals surface area contributed by atoms with Gasteiger partial charge in [-0.25, -0.2) is 8.42 Å². The molecule has 1 heterocycles. The minimum atomic E-state index is -3.11. The molecule has 0 spiro atoms. The molecule has 1 fully saturated rings. The zero-order valence-corrected chi connectivity index (χ0v) is 17.1. The van der Waals surface area contributed by atoms with Crippen molar-refractivity contribution >= 4 is 33.4 Å². The number of benzene rings is 2. The Kier molecular flexibility index (Phi) is 6.42. The highest BCUT2D eigenvalue weighted by atomic mass is 35.5. The lowest BCUT2D eigenvalue weighted by molar-refractivity contribution is -0.128. The molecule has 1 aliphatic heterocycles. The quantitative estimate of drug-likeness (QED) is 0.671. The van der Waals surface area contributed by atoms with Crippen molar-refractivity contribution < 1.29 is 17.9 Å². The summed E-state index contributed by atoms with van der Waals surface area (Å²) in [5, 5.41) is 0.552. The van der Waals surface area contributed by atoms with Gasteiger partial charge in [-0.15, -0.1) is 0 Å². The van der Waals surface area contributed by atoms with E-state index in [-0.39, 0.29) is 23.5 Å². The third-order valence-corrected chi connectivity index (χ3v) is 6.85. The molecule has 0 bridgehead atoms. The smallest absolute Gasteiger partial charge is 0.247 e. The third-order valence-electron chi connectivity index (χ3n) is 4.75. The van der Waals surface area contributed by atoms with E-state index in [1.54, 1.807) is 24.2 Å². The Balaban J connectivity index is 1.82. The summed E-state index contributed by atoms with van der Waals surface area (Å²) in [6, 6.07) is 14.3. The molecule has 7 heteroatoms. The van der Waals surface area contributed by atoms with Crippen LogP contribution < -0.4 is 4.74 Å². The summed E-state index contributed by atoms with van der Waals surface area (Å²) < 4.78 is 29.0. The van der Waals surface area contributed by atoms with Gasteiger partial charge in [0.2, 0.25) is 5.91 Å². The van der Waals surface area contributed by atoms with Gasteiger partial charge >= 0.3 is 0 Å². The molecule has 3 rings (SSSR count). The number of nitrogens with zero attached hydrogens (tertiary/aromatic N) is 1. The van der Waals surface area contributed by atoms with Crippen molar-refractivity contribution in [3.05, 3.63) is 70.8 Å². The number of rotatable bonds is 6. The van der Waals surface area contributed by atoms with Crippen molar-refractivity contribution in [1.29, 1.82) is 0 Å². The molecule has 0 N–H and O–H groups in total. The molecule has 0 radical (unpaired) electrons. The van der Waals surface area contributed by atoms with Gasteiger partial charge in [0, 0.05) is 23.7 Å². The van der Waals surface area contributed by atoms with Crippen molar-refractivity contribution in [2.45, 2.75) is 19.0 Å². The Morgan fingerprint density at radius 1 is 1.21 bits per heavy atom. The average Bonchev–Trinajstić information content (AvgIpc) is 3.05. The Morgan fingerprint density at radius 2 is 1.93 bits per heavy atom. The largest absolute Gasteiger partial charge is 0.497 e. The van der Waals surface area contributed by atoms with Crippen LogP contribution in [-0.2, 0) is 21.2 Å². The van der Waals surface area contributed by atoms with Crippen LogP contribution in [0.15, 0.2) is 54.6 Å². The topological polar surface area (TPSA) is 63.7 Å². The Bertz CT molecular complexity index is 970. The van der Waals surface area contributed by atoms with Crippen LogP contribution in [-0.4, -0.2) is 43.9 Å². The van der Waals surface area contributed by atoms with Crippen LogP contribution in [0.4, 0.5) is 0 Å². The molecule has 1 aliphatic rings. The predicted octanol–water partition coefficient (Wildman–Crippen LogP) is 3.58. The van der Waals surface area contributed by atoms with E-state index in [0.29, 0.717) is 18.0 Å². The highest BCUT2D eigenvalue weighted by Gasteiger charge is 2.34. The molecular formula is C21H22ClNO4S. The first-order valence-corrected chi connectivity index (χ1v) is 11.1. The molecule has 1 atom stereocenters. The van der Waals surface area contributed by atoms with E-state index < -0.39 is 9.84 Å². The zero-order valence-electron chi connectivity index (χ0n) is 15.5. The van der Waals surface area contributed by atoms with Crippen LogP contribution in [0.1, 0.15) is 17.5 Å². The first-order valence-electron chi connectivity index (χ1n) is 8.94. The number of carbonyl (C=O) groups is 1. The highest BCUT2D eigenvalue weighted by Crippen LogP contribution is 2.22. The molecule has 0 saturated carbocycles. The summed E-state index contributed by atoms with van der Waals surface area (Å²) >= 11 is 6.14. The summed E-state index contributed by atoms with van der Waals surface area (Å²) in [5.41, 5.74) is 1.64. The number of hydrogen-bond acceptors (Lipinski definition) is 4. The van der Waals surface area contributed by atoms with Crippen LogP contribution in [0, 0.1) is 0 Å². The number of carbonyl (C=O) groups excluding carboxylic acids is 1. The molecule has 1 amide bonds. The zero-order chi connectivity index (χ0) is 20.1. The van der Waals surface area contributed by atoms with Gasteiger partial charge in [0.1, 0.15) is 5.75 Å². The van der Waals surface area contributed by atoms with Crippen LogP contribution in [0.5, 0.6) is 5.75 Å². The van der Waals surface area contributed by atoms with Crippen molar-refractivity contribution in [3.8, 4) is 5.75 Å². The molecule has 0 aromatic heterocycles. The maximum absolute atomic E-state index is 12.9. The fraction of sp³-hybridized carbons (Fsp3) is 0.286. The highest BCUT2D eigenvalue weighted by molar-refractivity contribution is 7.91. The second-order valence-electron chi connectivity index (χ2n) is 6.73. The number of amides is 1. The second kappa shape index (κ2) is 8.80. The Morgan fingerprint density at radius 3 is 2.54 bits per heavy atom. The lowest BCUT2D eigenvalue weighted by Gasteiger charge is -2.27. The number of halogens is 1. The monoisotopic (exact) mass is 419 g/mol. The van der Waals surface area contributed by atoms with Crippen LogP contribution in [0.2, 0.25) is 5.02 Å². The van der Waals surface area contributed by atoms with Crippen molar-refractivity contribution in [2.24, 2.45) is 0 Å². The molecule has 1 saturated heterocycles. The third kappa shape index (κ3) is 5.14. The Hall–Kier alpha value is -2.31. The van der Waals surface area contributed by atoms with E-state index >= 15 is 0 Å². The van der Waals surface area contributed by atoms with Gasteiger partial charge < -0.3 is 9.64 Å². The van der Waals surface area contributed by atoms with Crippen molar-refractivity contribution in [1.82, 2.24) is 4.90 Å². The van der Waals surface area contributed by atoms with Crippen LogP contribution >= 0.6 is 11.6 Å². The summed E-state index contributed by atoms with van der Waals surface area (Å²) in [6.07, 6.45) is 3.56. The van der Waals surface area contributed by atoms with E-state index in [2.05, 4.69) is 0 Å². The average molecular weight is 420 g/mol. The molecular weight excluding hydrogens is 398 g/mol. The second-order valence-corrected chi connectivity index (χ2v) is 9.36. The van der Waals surface area contributed by atoms with Gasteiger partial charge in [0.05, 0.1) is 18.6 Å². The van der Waals surface area contributed by atoms with Gasteiger partial charge in [-0.3, -0.25) is 4.79 Å². The maximum atomic E-state index is 12.9. The van der Waals surface area contributed by atoms with E-state index in [9.17, 15) is 13.2 Å². The van der Waals surface area contributed by atoms with Crippen molar-refractivity contribution in [3.63, 3.8) is 0 Å². The van der Waals surface area contributed by atoms with E-state index in [1.807, 2.05) is 42.5 Å². The lowest BCUT2D eigenvalue weighted by atomic mass is 10.1. The summed E-state index contributed by atoms with van der Waals surface area (Å²) in [5.74, 6) is 0.592. The lowest BCUT2D eigenvalue weighted by Crippen LogP contribution is -2.39. The fourth-order valence-electron chi connectivity index (χ4n) is 3.20. The fourth-order valence-corrected chi connectivity index (χ4v) is 5.13. The minimum Gasteiger partial charge on any atom is -0.497 e. The number of methoxy groups -OCH3 is 1. The first kappa shape index (κ1) is 20.4. The molecule has 0 aliphatic carbocycles. The number of sulfone groups is 1. The molecule has 5 nitrogen and oxygen atoms in total. The molecule has 2 aromatic carbocycles.